The highest BCUT2D eigenvalue weighted by atomic mass is 35.5. The van der Waals surface area contributed by atoms with Gasteiger partial charge in [-0.2, -0.15) is 0 Å². The van der Waals surface area contributed by atoms with Crippen LogP contribution in [0.2, 0.25) is 4.34 Å². The van der Waals surface area contributed by atoms with Crippen LogP contribution in [0.25, 0.3) is 0 Å². The summed E-state index contributed by atoms with van der Waals surface area (Å²) in [6.45, 7) is 0.777. The topological polar surface area (TPSA) is 87.4 Å². The summed E-state index contributed by atoms with van der Waals surface area (Å²) in [5, 5.41) is 26.9. The third-order valence-corrected chi connectivity index (χ3v) is 4.45. The number of aliphatic hydroxyl groups excluding tert-OH is 1. The molecular formula is C14H16ClN3O3S. The lowest BCUT2D eigenvalue weighted by molar-refractivity contribution is -0.384. The van der Waals surface area contributed by atoms with Crippen LogP contribution in [0.4, 0.5) is 11.4 Å². The summed E-state index contributed by atoms with van der Waals surface area (Å²) in [5.41, 5.74) is 1.29. The van der Waals surface area contributed by atoms with E-state index >= 15 is 0 Å². The maximum absolute atomic E-state index is 11.0. The number of hydrogen-bond donors (Lipinski definition) is 3. The quantitative estimate of drug-likeness (QED) is 0.532. The molecule has 0 fully saturated rings. The Labute approximate surface area is 136 Å². The minimum Gasteiger partial charge on any atom is -0.386 e. The third kappa shape index (κ3) is 4.17. The van der Waals surface area contributed by atoms with Gasteiger partial charge in [-0.3, -0.25) is 10.1 Å². The maximum Gasteiger partial charge on any atom is 0.292 e. The van der Waals surface area contributed by atoms with E-state index in [1.807, 2.05) is 0 Å². The van der Waals surface area contributed by atoms with Crippen molar-refractivity contribution in [2.45, 2.75) is 12.6 Å². The number of nitrogens with one attached hydrogen (secondary N) is 2. The van der Waals surface area contributed by atoms with Crippen LogP contribution < -0.4 is 10.6 Å². The molecule has 0 aliphatic heterocycles. The van der Waals surface area contributed by atoms with Crippen molar-refractivity contribution >= 4 is 34.3 Å². The Balaban J connectivity index is 1.94. The second kappa shape index (κ2) is 7.55. The summed E-state index contributed by atoms with van der Waals surface area (Å²) >= 11 is 7.16. The molecule has 1 aromatic carbocycles. The molecule has 1 heterocycles. The highest BCUT2D eigenvalue weighted by molar-refractivity contribution is 7.16. The van der Waals surface area contributed by atoms with E-state index in [0.29, 0.717) is 23.1 Å². The Morgan fingerprint density at radius 3 is 2.77 bits per heavy atom. The molecule has 0 aliphatic rings. The van der Waals surface area contributed by atoms with E-state index in [9.17, 15) is 15.2 Å². The van der Waals surface area contributed by atoms with Gasteiger partial charge in [0.2, 0.25) is 0 Å². The molecule has 3 N–H and O–H groups in total. The van der Waals surface area contributed by atoms with Gasteiger partial charge in [-0.1, -0.05) is 17.7 Å². The molecule has 1 unspecified atom stereocenters. The van der Waals surface area contributed by atoms with E-state index in [1.165, 1.54) is 17.4 Å². The SMILES string of the molecule is CNc1ccc(CNCC(O)c2ccc(Cl)s2)cc1[N+](=O)[O-]. The first-order valence-corrected chi connectivity index (χ1v) is 7.79. The minimum absolute atomic E-state index is 0.0346. The summed E-state index contributed by atoms with van der Waals surface area (Å²) in [6.07, 6.45) is -0.649. The number of halogens is 1. The molecule has 0 amide bonds. The molecule has 0 radical (unpaired) electrons. The number of aliphatic hydroxyl groups is 1. The summed E-state index contributed by atoms with van der Waals surface area (Å²) in [6, 6.07) is 8.52. The lowest BCUT2D eigenvalue weighted by atomic mass is 10.1. The summed E-state index contributed by atoms with van der Waals surface area (Å²) in [4.78, 5) is 11.4. The molecule has 8 heteroatoms. The van der Waals surface area contributed by atoms with Crippen LogP contribution in [0.15, 0.2) is 30.3 Å². The standard InChI is InChI=1S/C14H16ClN3O3S/c1-16-10-3-2-9(6-11(10)18(20)21)7-17-8-12(19)13-4-5-14(15)22-13/h2-6,12,16-17,19H,7-8H2,1H3. The average molecular weight is 342 g/mol. The number of anilines is 1. The minimum atomic E-state index is -0.649. The second-order valence-electron chi connectivity index (χ2n) is 4.65. The third-order valence-electron chi connectivity index (χ3n) is 3.12. The molecule has 118 valence electrons. The zero-order valence-corrected chi connectivity index (χ0v) is 13.4. The van der Waals surface area contributed by atoms with Gasteiger partial charge in [-0.05, 0) is 23.8 Å². The fourth-order valence-corrected chi connectivity index (χ4v) is 3.06. The monoisotopic (exact) mass is 341 g/mol. The molecule has 1 aromatic heterocycles. The van der Waals surface area contributed by atoms with E-state index in [-0.39, 0.29) is 5.69 Å². The number of nitrogens with zero attached hydrogens (tertiary/aromatic N) is 1. The summed E-state index contributed by atoms with van der Waals surface area (Å²) in [5.74, 6) is 0. The van der Waals surface area contributed by atoms with Crippen LogP contribution in [-0.4, -0.2) is 23.6 Å². The van der Waals surface area contributed by atoms with Crippen molar-refractivity contribution in [2.75, 3.05) is 18.9 Å². The van der Waals surface area contributed by atoms with E-state index in [0.717, 1.165) is 10.4 Å². The van der Waals surface area contributed by atoms with Crippen molar-refractivity contribution in [3.8, 4) is 0 Å². The number of benzene rings is 1. The van der Waals surface area contributed by atoms with Gasteiger partial charge in [-0.25, -0.2) is 0 Å². The lowest BCUT2D eigenvalue weighted by Gasteiger charge is -2.11. The Bertz CT molecular complexity index is 663. The van der Waals surface area contributed by atoms with Crippen molar-refractivity contribution in [3.05, 3.63) is 55.2 Å². The first kappa shape index (κ1) is 16.7. The fraction of sp³-hybridized carbons (Fsp3) is 0.286. The van der Waals surface area contributed by atoms with Crippen LogP contribution in [0, 0.1) is 10.1 Å². The highest BCUT2D eigenvalue weighted by Crippen LogP contribution is 2.27. The zero-order chi connectivity index (χ0) is 16.1. The molecule has 0 saturated carbocycles. The van der Waals surface area contributed by atoms with Gasteiger partial charge < -0.3 is 15.7 Å². The molecule has 2 rings (SSSR count). The fourth-order valence-electron chi connectivity index (χ4n) is 2.01. The Hall–Kier alpha value is -1.67. The van der Waals surface area contributed by atoms with Gasteiger partial charge in [0.1, 0.15) is 11.8 Å². The first-order valence-electron chi connectivity index (χ1n) is 6.60. The molecule has 0 bridgehead atoms. The van der Waals surface area contributed by atoms with Crippen LogP contribution in [0.1, 0.15) is 16.5 Å². The molecule has 6 nitrogen and oxygen atoms in total. The van der Waals surface area contributed by atoms with Crippen molar-refractivity contribution in [1.82, 2.24) is 5.32 Å². The Morgan fingerprint density at radius 2 is 2.18 bits per heavy atom. The number of thiophene rings is 1. The van der Waals surface area contributed by atoms with E-state index in [2.05, 4.69) is 10.6 Å². The van der Waals surface area contributed by atoms with E-state index in [1.54, 1.807) is 31.3 Å². The van der Waals surface area contributed by atoms with E-state index in [4.69, 9.17) is 11.6 Å². The summed E-state index contributed by atoms with van der Waals surface area (Å²) in [7, 11) is 1.64. The maximum atomic E-state index is 11.0. The van der Waals surface area contributed by atoms with Crippen molar-refractivity contribution in [1.29, 1.82) is 0 Å². The Morgan fingerprint density at radius 1 is 1.41 bits per heavy atom. The lowest BCUT2D eigenvalue weighted by Crippen LogP contribution is -2.20. The molecule has 0 saturated heterocycles. The molecule has 0 spiro atoms. The average Bonchev–Trinajstić information content (AvgIpc) is 2.93. The number of hydrogen-bond acceptors (Lipinski definition) is 6. The van der Waals surface area contributed by atoms with Gasteiger partial charge in [0.05, 0.1) is 9.26 Å². The van der Waals surface area contributed by atoms with Crippen LogP contribution in [-0.2, 0) is 6.54 Å². The van der Waals surface area contributed by atoms with Crippen LogP contribution in [0.3, 0.4) is 0 Å². The first-order chi connectivity index (χ1) is 10.5. The number of nitro groups is 1. The second-order valence-corrected chi connectivity index (χ2v) is 6.39. The number of nitro benzene ring substituents is 1. The predicted molar refractivity (Wildman–Crippen MR) is 88.6 cm³/mol. The predicted octanol–water partition coefficient (Wildman–Crippen LogP) is 3.17. The van der Waals surface area contributed by atoms with Crippen LogP contribution in [0.5, 0.6) is 0 Å². The molecule has 0 aliphatic carbocycles. The van der Waals surface area contributed by atoms with Crippen molar-refractivity contribution in [2.24, 2.45) is 0 Å². The Kier molecular flexibility index (Phi) is 5.73. The largest absolute Gasteiger partial charge is 0.386 e. The number of rotatable bonds is 7. The van der Waals surface area contributed by atoms with Gasteiger partial charge in [-0.15, -0.1) is 11.3 Å². The highest BCUT2D eigenvalue weighted by Gasteiger charge is 2.14. The van der Waals surface area contributed by atoms with E-state index < -0.39 is 11.0 Å². The molecule has 22 heavy (non-hydrogen) atoms. The molecule has 2 aromatic rings. The molecular weight excluding hydrogens is 326 g/mol. The molecule has 1 atom stereocenters. The smallest absolute Gasteiger partial charge is 0.292 e. The summed E-state index contributed by atoms with van der Waals surface area (Å²) < 4.78 is 0.632. The van der Waals surface area contributed by atoms with Crippen molar-refractivity contribution < 1.29 is 10.0 Å². The van der Waals surface area contributed by atoms with Crippen LogP contribution >= 0.6 is 22.9 Å². The normalized spacial score (nSPS) is 12.1. The van der Waals surface area contributed by atoms with Gasteiger partial charge in [0.25, 0.3) is 5.69 Å². The van der Waals surface area contributed by atoms with Crippen molar-refractivity contribution in [3.63, 3.8) is 0 Å². The van der Waals surface area contributed by atoms with Gasteiger partial charge in [0.15, 0.2) is 0 Å². The van der Waals surface area contributed by atoms with Gasteiger partial charge in [0, 0.05) is 31.1 Å². The van der Waals surface area contributed by atoms with Gasteiger partial charge >= 0.3 is 0 Å². The zero-order valence-electron chi connectivity index (χ0n) is 11.9.